The van der Waals surface area contributed by atoms with Crippen LogP contribution in [0.2, 0.25) is 0 Å². The molecule has 0 unspecified atom stereocenters. The molecule has 2 rings (SSSR count). The van der Waals surface area contributed by atoms with Crippen molar-refractivity contribution in [1.82, 2.24) is 4.90 Å². The van der Waals surface area contributed by atoms with Crippen LogP contribution in [0.5, 0.6) is 0 Å². The van der Waals surface area contributed by atoms with Gasteiger partial charge >= 0.3 is 0 Å². The topological polar surface area (TPSA) is 46.6 Å². The van der Waals surface area contributed by atoms with Gasteiger partial charge < -0.3 is 4.74 Å². The summed E-state index contributed by atoms with van der Waals surface area (Å²) < 4.78 is 20.1. The summed E-state index contributed by atoms with van der Waals surface area (Å²) in [5.74, 6) is -3.15. The average Bonchev–Trinajstić information content (AvgIpc) is 2.51. The number of allylic oxidation sites excluding steroid dienone is 1. The Morgan fingerprint density at radius 3 is 2.74 bits per heavy atom. The van der Waals surface area contributed by atoms with E-state index in [4.69, 9.17) is 16.3 Å². The predicted octanol–water partition coefficient (Wildman–Crippen LogP) is 2.39. The third-order valence-electron chi connectivity index (χ3n) is 3.75. The molecule has 0 aliphatic carbocycles. The number of hydrogen-bond donors (Lipinski definition) is 0. The van der Waals surface area contributed by atoms with E-state index in [1.807, 2.05) is 22.6 Å². The summed E-state index contributed by atoms with van der Waals surface area (Å²) in [5, 5.41) is 0. The molecular formula is C12H14ClFINO3. The Kier molecular flexibility index (Phi) is 3.97. The van der Waals surface area contributed by atoms with Crippen LogP contribution in [0.1, 0.15) is 20.3 Å². The fourth-order valence-electron chi connectivity index (χ4n) is 2.27. The summed E-state index contributed by atoms with van der Waals surface area (Å²) in [7, 11) is 0. The molecule has 4 nitrogen and oxygen atoms in total. The van der Waals surface area contributed by atoms with Crippen LogP contribution >= 0.6 is 34.2 Å². The van der Waals surface area contributed by atoms with Gasteiger partial charge in [0.25, 0.3) is 0 Å². The first kappa shape index (κ1) is 15.2. The zero-order valence-corrected chi connectivity index (χ0v) is 13.4. The molecule has 4 atom stereocenters. The minimum absolute atomic E-state index is 0.120. The second-order valence-electron chi connectivity index (χ2n) is 5.02. The molecule has 7 heteroatoms. The van der Waals surface area contributed by atoms with E-state index in [-0.39, 0.29) is 16.6 Å². The summed E-state index contributed by atoms with van der Waals surface area (Å²) in [6, 6.07) is 0. The fraction of sp³-hybridized carbons (Fsp3) is 0.667. The van der Waals surface area contributed by atoms with Crippen LogP contribution in [0.3, 0.4) is 0 Å². The van der Waals surface area contributed by atoms with Crippen molar-refractivity contribution in [2.45, 2.75) is 37.2 Å². The molecule has 2 aliphatic heterocycles. The number of ether oxygens (including phenoxy) is 1. The molecule has 0 aromatic heterocycles. The molecule has 1 fully saturated rings. The Morgan fingerprint density at radius 2 is 2.26 bits per heavy atom. The van der Waals surface area contributed by atoms with Gasteiger partial charge in [0.05, 0.1) is 15.7 Å². The Balaban J connectivity index is 2.33. The number of amides is 1. The van der Waals surface area contributed by atoms with Gasteiger partial charge in [-0.15, -0.1) is 11.6 Å². The van der Waals surface area contributed by atoms with Crippen LogP contribution in [0.4, 0.5) is 4.39 Å². The third kappa shape index (κ3) is 2.42. The van der Waals surface area contributed by atoms with Crippen molar-refractivity contribution in [3.05, 3.63) is 12.3 Å². The Bertz CT molecular complexity index is 456. The Labute approximate surface area is 129 Å². The molecule has 0 N–H and O–H groups in total. The highest BCUT2D eigenvalue weighted by Gasteiger charge is 2.61. The first-order chi connectivity index (χ1) is 8.72. The fourth-order valence-corrected chi connectivity index (χ4v) is 3.42. The van der Waals surface area contributed by atoms with E-state index in [1.54, 1.807) is 13.8 Å². The normalized spacial score (nSPS) is 43.1. The van der Waals surface area contributed by atoms with E-state index in [2.05, 4.69) is 0 Å². The van der Waals surface area contributed by atoms with Crippen molar-refractivity contribution in [2.24, 2.45) is 5.92 Å². The van der Waals surface area contributed by atoms with Crippen LogP contribution in [0.25, 0.3) is 0 Å². The lowest BCUT2D eigenvalue weighted by molar-refractivity contribution is -0.172. The molecule has 0 aromatic carbocycles. The van der Waals surface area contributed by atoms with E-state index < -0.39 is 28.8 Å². The predicted molar refractivity (Wildman–Crippen MR) is 76.6 cm³/mol. The lowest BCUT2D eigenvalue weighted by Gasteiger charge is -2.34. The van der Waals surface area contributed by atoms with Gasteiger partial charge in [0.2, 0.25) is 11.8 Å². The summed E-state index contributed by atoms with van der Waals surface area (Å²) in [4.78, 5) is 23.2. The van der Waals surface area contributed by atoms with Crippen molar-refractivity contribution < 1.29 is 18.7 Å². The maximum Gasteiger partial charge on any atom is 0.236 e. The highest BCUT2D eigenvalue weighted by molar-refractivity contribution is 14.1. The van der Waals surface area contributed by atoms with Gasteiger partial charge in [-0.05, 0) is 13.0 Å². The van der Waals surface area contributed by atoms with Gasteiger partial charge in [-0.3, -0.25) is 14.5 Å². The monoisotopic (exact) mass is 401 g/mol. The quantitative estimate of drug-likeness (QED) is 0.405. The molecule has 0 radical (unpaired) electrons. The summed E-state index contributed by atoms with van der Waals surface area (Å²) in [5.41, 5.74) is 0. The molecule has 0 bridgehead atoms. The smallest absolute Gasteiger partial charge is 0.236 e. The van der Waals surface area contributed by atoms with Gasteiger partial charge in [-0.2, -0.15) is 0 Å². The highest BCUT2D eigenvalue weighted by atomic mass is 127. The van der Waals surface area contributed by atoms with E-state index in [9.17, 15) is 14.0 Å². The van der Waals surface area contributed by atoms with Crippen molar-refractivity contribution >= 4 is 45.9 Å². The van der Waals surface area contributed by atoms with Crippen LogP contribution in [-0.4, -0.2) is 38.0 Å². The van der Waals surface area contributed by atoms with Crippen LogP contribution in [0.15, 0.2) is 12.3 Å². The second kappa shape index (κ2) is 4.96. The van der Waals surface area contributed by atoms with Gasteiger partial charge in [0.15, 0.2) is 12.0 Å². The molecule has 1 saturated heterocycles. The average molecular weight is 402 g/mol. The minimum atomic E-state index is -1.88. The van der Waals surface area contributed by atoms with Crippen LogP contribution < -0.4 is 0 Å². The maximum atomic E-state index is 14.6. The van der Waals surface area contributed by atoms with E-state index in [0.717, 1.165) is 0 Å². The second-order valence-corrected chi connectivity index (χ2v) is 6.60. The first-order valence-electron chi connectivity index (χ1n) is 5.86. The zero-order valence-electron chi connectivity index (χ0n) is 10.5. The number of hydrogen-bond acceptors (Lipinski definition) is 3. The van der Waals surface area contributed by atoms with Gasteiger partial charge in [0.1, 0.15) is 0 Å². The lowest BCUT2D eigenvalue weighted by atomic mass is 9.90. The van der Waals surface area contributed by atoms with E-state index in [1.165, 1.54) is 17.2 Å². The molecule has 19 heavy (non-hydrogen) atoms. The molecule has 2 heterocycles. The van der Waals surface area contributed by atoms with Crippen molar-refractivity contribution in [1.29, 1.82) is 0 Å². The summed E-state index contributed by atoms with van der Waals surface area (Å²) >= 11 is 8.29. The van der Waals surface area contributed by atoms with E-state index >= 15 is 0 Å². The number of ketones is 1. The molecular weight excluding hydrogens is 387 g/mol. The van der Waals surface area contributed by atoms with Gasteiger partial charge in [-0.1, -0.05) is 29.5 Å². The Morgan fingerprint density at radius 1 is 1.63 bits per heavy atom. The largest absolute Gasteiger partial charge is 0.319 e. The van der Waals surface area contributed by atoms with Crippen molar-refractivity contribution in [3.8, 4) is 0 Å². The molecule has 1 amide bonds. The first-order valence-corrected chi connectivity index (χ1v) is 7.76. The number of alkyl halides is 3. The van der Waals surface area contributed by atoms with Gasteiger partial charge in [-0.25, -0.2) is 4.39 Å². The Hall–Kier alpha value is -0.210. The highest BCUT2D eigenvalue weighted by Crippen LogP contribution is 2.50. The molecule has 2 aliphatic rings. The van der Waals surface area contributed by atoms with Gasteiger partial charge in [0, 0.05) is 12.1 Å². The van der Waals surface area contributed by atoms with Crippen LogP contribution in [0, 0.1) is 5.92 Å². The van der Waals surface area contributed by atoms with Crippen LogP contribution in [-0.2, 0) is 14.3 Å². The number of carbonyl (C=O) groups excluding carboxylic acids is 2. The number of halogens is 3. The molecule has 106 valence electrons. The van der Waals surface area contributed by atoms with Crippen molar-refractivity contribution in [3.63, 3.8) is 0 Å². The number of nitrogens with zero attached hydrogens (tertiary/aromatic N) is 1. The lowest BCUT2D eigenvalue weighted by Crippen LogP contribution is -2.49. The molecule has 0 saturated carbocycles. The standard InChI is InChI=1S/C12H14ClFINO3/c1-7-11(2,13)10(19-12(7,14)6-15)16-4-3-8(17)5-9(16)18/h3-4,7,10H,5-6H2,1-2H3/t7-,10+,11+,12+/m0/s1. The molecule has 0 aromatic rings. The van der Waals surface area contributed by atoms with Crippen molar-refractivity contribution in [2.75, 3.05) is 4.43 Å². The number of carbonyl (C=O) groups is 2. The summed E-state index contributed by atoms with van der Waals surface area (Å²) in [6.07, 6.45) is 1.46. The summed E-state index contributed by atoms with van der Waals surface area (Å²) in [6.45, 7) is 3.31. The maximum absolute atomic E-state index is 14.6. The zero-order chi connectivity index (χ0) is 14.4. The SMILES string of the molecule is C[C@H]1[C@@](C)(Cl)[C@H](N2C=CC(=O)CC2=O)O[C@]1(F)CI. The minimum Gasteiger partial charge on any atom is -0.319 e. The number of rotatable bonds is 2. The molecule has 0 spiro atoms. The third-order valence-corrected chi connectivity index (χ3v) is 5.31. The van der Waals surface area contributed by atoms with E-state index in [0.29, 0.717) is 0 Å².